The van der Waals surface area contributed by atoms with Gasteiger partial charge >= 0.3 is 0 Å². The molecule has 1 aromatic heterocycles. The molecule has 3 nitrogen and oxygen atoms in total. The molecule has 0 amide bonds. The molecule has 0 aliphatic heterocycles. The minimum Gasteiger partial charge on any atom is -0.397 e. The van der Waals surface area contributed by atoms with Gasteiger partial charge in [-0.15, -0.1) is 11.8 Å². The fourth-order valence-electron chi connectivity index (χ4n) is 0.946. The Bertz CT molecular complexity index is 279. The molecule has 0 aliphatic rings. The van der Waals surface area contributed by atoms with E-state index in [2.05, 4.69) is 4.98 Å². The topological polar surface area (TPSA) is 48.1 Å². The molecule has 0 saturated carbocycles. The lowest BCUT2D eigenvalue weighted by atomic mass is 10.4. The Balaban J connectivity index is 2.28. The highest BCUT2D eigenvalue weighted by molar-refractivity contribution is 7.99. The van der Waals surface area contributed by atoms with E-state index in [9.17, 15) is 0 Å². The monoisotopic (exact) mass is 212 g/mol. The summed E-state index contributed by atoms with van der Waals surface area (Å²) < 4.78 is 5.41. The Labute approximate surface area is 89.1 Å². The van der Waals surface area contributed by atoms with Crippen LogP contribution in [-0.4, -0.2) is 23.4 Å². The predicted molar refractivity (Wildman–Crippen MR) is 60.5 cm³/mol. The number of rotatable bonds is 5. The van der Waals surface area contributed by atoms with Crippen LogP contribution in [0.1, 0.15) is 13.8 Å². The summed E-state index contributed by atoms with van der Waals surface area (Å²) >= 11 is 1.63. The number of nitrogens with two attached hydrogens (primary N) is 1. The van der Waals surface area contributed by atoms with Gasteiger partial charge in [-0.2, -0.15) is 0 Å². The Morgan fingerprint density at radius 3 is 3.00 bits per heavy atom. The highest BCUT2D eigenvalue weighted by Crippen LogP contribution is 2.21. The normalized spacial score (nSPS) is 10.8. The van der Waals surface area contributed by atoms with Gasteiger partial charge in [0.2, 0.25) is 0 Å². The molecule has 1 rings (SSSR count). The van der Waals surface area contributed by atoms with Crippen LogP contribution in [0.5, 0.6) is 0 Å². The van der Waals surface area contributed by atoms with Crippen LogP contribution in [0.2, 0.25) is 0 Å². The molecule has 0 fully saturated rings. The lowest BCUT2D eigenvalue weighted by Gasteiger charge is -2.07. The predicted octanol–water partition coefficient (Wildman–Crippen LogP) is 2.18. The second-order valence-corrected chi connectivity index (χ2v) is 4.25. The molecule has 78 valence electrons. The highest BCUT2D eigenvalue weighted by Gasteiger charge is 2.00. The van der Waals surface area contributed by atoms with Gasteiger partial charge in [-0.3, -0.25) is 0 Å². The number of anilines is 1. The lowest BCUT2D eigenvalue weighted by Crippen LogP contribution is -2.05. The van der Waals surface area contributed by atoms with Crippen LogP contribution in [-0.2, 0) is 4.74 Å². The molecule has 0 saturated heterocycles. The van der Waals surface area contributed by atoms with Gasteiger partial charge in [0.25, 0.3) is 0 Å². The van der Waals surface area contributed by atoms with Crippen molar-refractivity contribution >= 4 is 17.4 Å². The van der Waals surface area contributed by atoms with Gasteiger partial charge in [0.05, 0.1) is 18.4 Å². The van der Waals surface area contributed by atoms with Gasteiger partial charge in [0.1, 0.15) is 5.03 Å². The van der Waals surface area contributed by atoms with Crippen molar-refractivity contribution in [1.29, 1.82) is 0 Å². The number of ether oxygens (including phenoxy) is 1. The van der Waals surface area contributed by atoms with E-state index in [1.54, 1.807) is 18.0 Å². The summed E-state index contributed by atoms with van der Waals surface area (Å²) in [6, 6.07) is 3.70. The first-order chi connectivity index (χ1) is 6.70. The third-order valence-corrected chi connectivity index (χ3v) is 2.56. The largest absolute Gasteiger partial charge is 0.397 e. The van der Waals surface area contributed by atoms with Crippen LogP contribution in [0.25, 0.3) is 0 Å². The SMILES string of the molecule is CC(C)OCCSc1ncccc1N. The van der Waals surface area contributed by atoms with Crippen LogP contribution < -0.4 is 5.73 Å². The van der Waals surface area contributed by atoms with Crippen molar-refractivity contribution in [2.45, 2.75) is 25.0 Å². The average Bonchev–Trinajstić information content (AvgIpc) is 2.15. The van der Waals surface area contributed by atoms with Crippen molar-refractivity contribution in [2.24, 2.45) is 0 Å². The molecule has 0 aliphatic carbocycles. The van der Waals surface area contributed by atoms with Crippen LogP contribution in [0, 0.1) is 0 Å². The maximum Gasteiger partial charge on any atom is 0.119 e. The molecule has 0 bridgehead atoms. The molecule has 2 N–H and O–H groups in total. The van der Waals surface area contributed by atoms with Gasteiger partial charge in [-0.25, -0.2) is 4.98 Å². The zero-order valence-electron chi connectivity index (χ0n) is 8.56. The Morgan fingerprint density at radius 2 is 2.36 bits per heavy atom. The molecule has 0 aromatic carbocycles. The molecule has 1 aromatic rings. The lowest BCUT2D eigenvalue weighted by molar-refractivity contribution is 0.0920. The number of nitrogens with zero attached hydrogens (tertiary/aromatic N) is 1. The van der Waals surface area contributed by atoms with Gasteiger partial charge in [-0.1, -0.05) is 0 Å². The molecule has 4 heteroatoms. The smallest absolute Gasteiger partial charge is 0.119 e. The summed E-state index contributed by atoms with van der Waals surface area (Å²) in [6.45, 7) is 4.79. The molecule has 0 spiro atoms. The number of hydrogen-bond donors (Lipinski definition) is 1. The zero-order valence-corrected chi connectivity index (χ0v) is 9.38. The quantitative estimate of drug-likeness (QED) is 0.600. The third-order valence-electron chi connectivity index (χ3n) is 1.57. The van der Waals surface area contributed by atoms with Gasteiger partial charge in [0.15, 0.2) is 0 Å². The van der Waals surface area contributed by atoms with E-state index in [1.807, 2.05) is 26.0 Å². The van der Waals surface area contributed by atoms with Gasteiger partial charge < -0.3 is 10.5 Å². The Hall–Kier alpha value is -0.740. The minimum absolute atomic E-state index is 0.289. The van der Waals surface area contributed by atoms with Crippen LogP contribution in [0.3, 0.4) is 0 Å². The molecule has 14 heavy (non-hydrogen) atoms. The second kappa shape index (κ2) is 5.88. The van der Waals surface area contributed by atoms with Gasteiger partial charge in [0, 0.05) is 11.9 Å². The second-order valence-electron chi connectivity index (χ2n) is 3.17. The third kappa shape index (κ3) is 3.98. The molecule has 0 atom stereocenters. The van der Waals surface area contributed by atoms with E-state index in [0.717, 1.165) is 23.1 Å². The van der Waals surface area contributed by atoms with E-state index in [-0.39, 0.29) is 6.10 Å². The standard InChI is InChI=1S/C10H16N2OS/c1-8(2)13-6-7-14-10-9(11)4-3-5-12-10/h3-5,8H,6-7,11H2,1-2H3. The van der Waals surface area contributed by atoms with E-state index < -0.39 is 0 Å². The van der Waals surface area contributed by atoms with E-state index >= 15 is 0 Å². The fourth-order valence-corrected chi connectivity index (χ4v) is 1.69. The zero-order chi connectivity index (χ0) is 10.4. The van der Waals surface area contributed by atoms with Gasteiger partial charge in [-0.05, 0) is 26.0 Å². The summed E-state index contributed by atoms with van der Waals surface area (Å²) in [5.41, 5.74) is 6.48. The maximum absolute atomic E-state index is 5.74. The number of thioether (sulfide) groups is 1. The maximum atomic E-state index is 5.74. The van der Waals surface area contributed by atoms with E-state index in [4.69, 9.17) is 10.5 Å². The molecular weight excluding hydrogens is 196 g/mol. The van der Waals surface area contributed by atoms with Crippen molar-refractivity contribution in [3.63, 3.8) is 0 Å². The molecular formula is C10H16N2OS. The summed E-state index contributed by atoms with van der Waals surface area (Å²) in [7, 11) is 0. The molecule has 1 heterocycles. The molecule has 0 radical (unpaired) electrons. The summed E-state index contributed by atoms with van der Waals surface area (Å²) in [6.07, 6.45) is 2.04. The first-order valence-corrected chi connectivity index (χ1v) is 5.63. The Morgan fingerprint density at radius 1 is 1.57 bits per heavy atom. The van der Waals surface area contributed by atoms with Crippen LogP contribution in [0.15, 0.2) is 23.4 Å². The van der Waals surface area contributed by atoms with E-state index in [0.29, 0.717) is 0 Å². The summed E-state index contributed by atoms with van der Waals surface area (Å²) in [5, 5.41) is 0.889. The number of hydrogen-bond acceptors (Lipinski definition) is 4. The molecule has 0 unspecified atom stereocenters. The number of pyridine rings is 1. The summed E-state index contributed by atoms with van der Waals surface area (Å²) in [5.74, 6) is 0.888. The van der Waals surface area contributed by atoms with Crippen molar-refractivity contribution < 1.29 is 4.74 Å². The van der Waals surface area contributed by atoms with Crippen LogP contribution in [0.4, 0.5) is 5.69 Å². The highest BCUT2D eigenvalue weighted by atomic mass is 32.2. The fraction of sp³-hybridized carbons (Fsp3) is 0.500. The Kier molecular flexibility index (Phi) is 4.76. The van der Waals surface area contributed by atoms with Crippen molar-refractivity contribution in [3.8, 4) is 0 Å². The van der Waals surface area contributed by atoms with Crippen molar-refractivity contribution in [2.75, 3.05) is 18.1 Å². The van der Waals surface area contributed by atoms with Crippen molar-refractivity contribution in [1.82, 2.24) is 4.98 Å². The van der Waals surface area contributed by atoms with Crippen molar-refractivity contribution in [3.05, 3.63) is 18.3 Å². The average molecular weight is 212 g/mol. The van der Waals surface area contributed by atoms with E-state index in [1.165, 1.54) is 0 Å². The number of aromatic nitrogens is 1. The first kappa shape index (κ1) is 11.3. The summed E-state index contributed by atoms with van der Waals surface area (Å²) in [4.78, 5) is 4.18. The minimum atomic E-state index is 0.289. The first-order valence-electron chi connectivity index (χ1n) is 4.65. The van der Waals surface area contributed by atoms with Crippen LogP contribution >= 0.6 is 11.8 Å². The number of nitrogen functional groups attached to an aromatic ring is 1.